The molecule has 0 aliphatic rings. The van der Waals surface area contributed by atoms with Crippen molar-refractivity contribution in [1.82, 2.24) is 4.98 Å². The summed E-state index contributed by atoms with van der Waals surface area (Å²) >= 11 is 0. The Morgan fingerprint density at radius 1 is 1.11 bits per heavy atom. The largest absolute Gasteiger partial charge is 0.454 e. The first-order valence-electron chi connectivity index (χ1n) is 8.66. The van der Waals surface area contributed by atoms with Crippen LogP contribution in [0.5, 0.6) is 0 Å². The number of carbonyl (C=O) groups is 3. The number of anilines is 1. The number of fused-ring (bicyclic) bond motifs is 1. The molecule has 1 amide bonds. The molecule has 6 nitrogen and oxygen atoms in total. The van der Waals surface area contributed by atoms with Gasteiger partial charge in [0, 0.05) is 35.3 Å². The third kappa shape index (κ3) is 4.06. The van der Waals surface area contributed by atoms with Gasteiger partial charge in [-0.1, -0.05) is 31.2 Å². The molecule has 2 aromatic carbocycles. The van der Waals surface area contributed by atoms with Gasteiger partial charge < -0.3 is 15.0 Å². The molecule has 0 fully saturated rings. The zero-order valence-corrected chi connectivity index (χ0v) is 15.2. The second-order valence-electron chi connectivity index (χ2n) is 6.16. The van der Waals surface area contributed by atoms with Crippen LogP contribution < -0.4 is 5.32 Å². The molecule has 27 heavy (non-hydrogen) atoms. The van der Waals surface area contributed by atoms with E-state index in [2.05, 4.69) is 10.3 Å². The van der Waals surface area contributed by atoms with E-state index in [4.69, 9.17) is 4.74 Å². The van der Waals surface area contributed by atoms with E-state index in [1.54, 1.807) is 24.4 Å². The molecule has 0 bridgehead atoms. The Morgan fingerprint density at radius 2 is 1.89 bits per heavy atom. The topological polar surface area (TPSA) is 88.3 Å². The number of nitrogens with one attached hydrogen (secondary N) is 2. The van der Waals surface area contributed by atoms with Gasteiger partial charge in [0.25, 0.3) is 0 Å². The van der Waals surface area contributed by atoms with Crippen molar-refractivity contribution in [2.24, 2.45) is 0 Å². The van der Waals surface area contributed by atoms with Gasteiger partial charge in [0.05, 0.1) is 5.56 Å². The van der Waals surface area contributed by atoms with Crippen LogP contribution in [0.3, 0.4) is 0 Å². The van der Waals surface area contributed by atoms with Crippen LogP contribution in [0.1, 0.15) is 40.1 Å². The Hall–Kier alpha value is -3.41. The molecule has 0 saturated carbocycles. The molecule has 0 saturated heterocycles. The number of amides is 1. The smallest absolute Gasteiger partial charge is 0.338 e. The highest BCUT2D eigenvalue weighted by Crippen LogP contribution is 2.23. The maximum atomic E-state index is 12.5. The van der Waals surface area contributed by atoms with Crippen LogP contribution in [0.2, 0.25) is 0 Å². The van der Waals surface area contributed by atoms with Crippen LogP contribution in [0, 0.1) is 0 Å². The highest BCUT2D eigenvalue weighted by Gasteiger charge is 2.16. The van der Waals surface area contributed by atoms with E-state index in [1.807, 2.05) is 25.1 Å². The molecule has 0 aliphatic heterocycles. The van der Waals surface area contributed by atoms with Crippen LogP contribution >= 0.6 is 0 Å². The Morgan fingerprint density at radius 3 is 2.63 bits per heavy atom. The third-order valence-electron chi connectivity index (χ3n) is 4.24. The Kier molecular flexibility index (Phi) is 5.35. The molecule has 6 heteroatoms. The molecule has 3 rings (SSSR count). The number of ether oxygens (including phenoxy) is 1. The zero-order valence-electron chi connectivity index (χ0n) is 15.2. The van der Waals surface area contributed by atoms with Crippen LogP contribution in [0.25, 0.3) is 10.9 Å². The number of carbonyl (C=O) groups excluding carboxylic acids is 3. The molecule has 1 aromatic heterocycles. The lowest BCUT2D eigenvalue weighted by Crippen LogP contribution is -2.14. The number of Topliss-reactive ketones (excluding diaryl/α,β-unsaturated/α-hetero) is 1. The number of para-hydroxylation sites is 1. The molecule has 0 unspecified atom stereocenters. The highest BCUT2D eigenvalue weighted by atomic mass is 16.5. The number of hydrogen-bond acceptors (Lipinski definition) is 4. The van der Waals surface area contributed by atoms with Crippen molar-refractivity contribution < 1.29 is 19.1 Å². The van der Waals surface area contributed by atoms with Gasteiger partial charge in [-0.15, -0.1) is 0 Å². The SMILES string of the molecule is CCc1cccc2c(C(=O)COC(=O)c3cccc(NC(C)=O)c3)c[nH]c12. The molecule has 0 radical (unpaired) electrons. The number of aryl methyl sites for hydroxylation is 1. The number of hydrogen-bond donors (Lipinski definition) is 2. The van der Waals surface area contributed by atoms with E-state index in [-0.39, 0.29) is 23.9 Å². The second kappa shape index (κ2) is 7.86. The maximum Gasteiger partial charge on any atom is 0.338 e. The van der Waals surface area contributed by atoms with E-state index in [1.165, 1.54) is 13.0 Å². The zero-order chi connectivity index (χ0) is 19.4. The van der Waals surface area contributed by atoms with Crippen molar-refractivity contribution in [3.05, 3.63) is 65.4 Å². The van der Waals surface area contributed by atoms with Crippen LogP contribution in [0.4, 0.5) is 5.69 Å². The summed E-state index contributed by atoms with van der Waals surface area (Å²) in [4.78, 5) is 39.0. The minimum absolute atomic E-state index is 0.235. The predicted octanol–water partition coefficient (Wildman–Crippen LogP) is 3.73. The minimum Gasteiger partial charge on any atom is -0.454 e. The van der Waals surface area contributed by atoms with E-state index in [0.29, 0.717) is 11.3 Å². The van der Waals surface area contributed by atoms with Crippen LogP contribution in [-0.4, -0.2) is 29.3 Å². The molecule has 1 heterocycles. The van der Waals surface area contributed by atoms with Gasteiger partial charge in [0.2, 0.25) is 11.7 Å². The van der Waals surface area contributed by atoms with Crippen molar-refractivity contribution in [2.45, 2.75) is 20.3 Å². The number of aromatic nitrogens is 1. The lowest BCUT2D eigenvalue weighted by atomic mass is 10.1. The molecular formula is C21H20N2O4. The third-order valence-corrected chi connectivity index (χ3v) is 4.24. The van der Waals surface area contributed by atoms with E-state index in [0.717, 1.165) is 22.9 Å². The first-order chi connectivity index (χ1) is 13.0. The quantitative estimate of drug-likeness (QED) is 0.515. The second-order valence-corrected chi connectivity index (χ2v) is 6.16. The van der Waals surface area contributed by atoms with Crippen molar-refractivity contribution in [2.75, 3.05) is 11.9 Å². The monoisotopic (exact) mass is 364 g/mol. The standard InChI is InChI=1S/C21H20N2O4/c1-3-14-6-5-9-17-18(11-22-20(14)17)19(25)12-27-21(26)15-7-4-8-16(10-15)23-13(2)24/h4-11,22H,3,12H2,1-2H3,(H,23,24). The van der Waals surface area contributed by atoms with Crippen molar-refractivity contribution in [3.8, 4) is 0 Å². The van der Waals surface area contributed by atoms with Gasteiger partial charge in [-0.3, -0.25) is 9.59 Å². The predicted molar refractivity (Wildman–Crippen MR) is 103 cm³/mol. The molecular weight excluding hydrogens is 344 g/mol. The summed E-state index contributed by atoms with van der Waals surface area (Å²) in [5.74, 6) is -1.13. The summed E-state index contributed by atoms with van der Waals surface area (Å²) in [5.41, 5.74) is 3.31. The van der Waals surface area contributed by atoms with Gasteiger partial charge in [-0.05, 0) is 30.2 Å². The molecule has 0 aliphatic carbocycles. The van der Waals surface area contributed by atoms with E-state index in [9.17, 15) is 14.4 Å². The summed E-state index contributed by atoms with van der Waals surface area (Å²) in [6.45, 7) is 3.08. The maximum absolute atomic E-state index is 12.5. The summed E-state index contributed by atoms with van der Waals surface area (Å²) in [5, 5.41) is 3.42. The van der Waals surface area contributed by atoms with Gasteiger partial charge in [0.1, 0.15) is 0 Å². The first kappa shape index (κ1) is 18.4. The van der Waals surface area contributed by atoms with E-state index < -0.39 is 5.97 Å². The number of benzene rings is 2. The lowest BCUT2D eigenvalue weighted by Gasteiger charge is -2.06. The highest BCUT2D eigenvalue weighted by molar-refractivity contribution is 6.09. The van der Waals surface area contributed by atoms with Crippen molar-refractivity contribution >= 4 is 34.3 Å². The Balaban J connectivity index is 1.71. The number of aromatic amines is 1. The number of ketones is 1. The molecule has 0 atom stereocenters. The average molecular weight is 364 g/mol. The van der Waals surface area contributed by atoms with Crippen LogP contribution in [-0.2, 0) is 16.0 Å². The summed E-state index contributed by atoms with van der Waals surface area (Å²) in [6.07, 6.45) is 2.50. The minimum atomic E-state index is -0.621. The fraction of sp³-hybridized carbons (Fsp3) is 0.190. The van der Waals surface area contributed by atoms with Crippen molar-refractivity contribution in [3.63, 3.8) is 0 Å². The number of esters is 1. The number of rotatable bonds is 6. The van der Waals surface area contributed by atoms with Gasteiger partial charge in [0.15, 0.2) is 6.61 Å². The lowest BCUT2D eigenvalue weighted by molar-refractivity contribution is -0.114. The summed E-state index contributed by atoms with van der Waals surface area (Å²) < 4.78 is 5.16. The Labute approximate surface area is 156 Å². The summed E-state index contributed by atoms with van der Waals surface area (Å²) in [7, 11) is 0. The molecule has 0 spiro atoms. The fourth-order valence-electron chi connectivity index (χ4n) is 2.96. The van der Waals surface area contributed by atoms with Gasteiger partial charge in [-0.2, -0.15) is 0 Å². The van der Waals surface area contributed by atoms with Crippen LogP contribution in [0.15, 0.2) is 48.7 Å². The normalized spacial score (nSPS) is 10.6. The molecule has 2 N–H and O–H groups in total. The number of H-pyrrole nitrogens is 1. The molecule has 138 valence electrons. The summed E-state index contributed by atoms with van der Waals surface area (Å²) in [6, 6.07) is 12.2. The average Bonchev–Trinajstić information content (AvgIpc) is 3.09. The Bertz CT molecular complexity index is 1020. The van der Waals surface area contributed by atoms with E-state index >= 15 is 0 Å². The van der Waals surface area contributed by atoms with Gasteiger partial charge in [-0.25, -0.2) is 4.79 Å². The fourth-order valence-corrected chi connectivity index (χ4v) is 2.96. The van der Waals surface area contributed by atoms with Crippen molar-refractivity contribution in [1.29, 1.82) is 0 Å². The molecule has 3 aromatic rings. The van der Waals surface area contributed by atoms with Gasteiger partial charge >= 0.3 is 5.97 Å². The first-order valence-corrected chi connectivity index (χ1v) is 8.66.